The van der Waals surface area contributed by atoms with Crippen LogP contribution in [0, 0.1) is 11.3 Å². The van der Waals surface area contributed by atoms with Gasteiger partial charge >= 0.3 is 0 Å². The average Bonchev–Trinajstić information content (AvgIpc) is 2.98. The fraction of sp³-hybridized carbons (Fsp3) is 0.429. The maximum atomic E-state index is 8.73. The molecule has 0 saturated heterocycles. The van der Waals surface area contributed by atoms with E-state index in [0.29, 0.717) is 23.1 Å². The normalized spacial score (nSPS) is 16.2. The Morgan fingerprint density at radius 1 is 1.21 bits per heavy atom. The first kappa shape index (κ1) is 11.8. The van der Waals surface area contributed by atoms with Gasteiger partial charge in [-0.05, 0) is 25.0 Å². The summed E-state index contributed by atoms with van der Waals surface area (Å²) < 4.78 is 5.27. The molecule has 1 saturated carbocycles. The molecule has 3 rings (SSSR count). The van der Waals surface area contributed by atoms with Gasteiger partial charge in [-0.3, -0.25) is 0 Å². The largest absolute Gasteiger partial charge is 0.332 e. The highest BCUT2D eigenvalue weighted by molar-refractivity contribution is 5.47. The highest BCUT2D eigenvalue weighted by atomic mass is 16.5. The highest BCUT2D eigenvalue weighted by Gasteiger charge is 2.21. The molecule has 2 aromatic heterocycles. The van der Waals surface area contributed by atoms with Crippen molar-refractivity contribution >= 4 is 0 Å². The molecular weight excluding hydrogens is 240 g/mol. The smallest absolute Gasteiger partial charge is 0.276 e. The van der Waals surface area contributed by atoms with Gasteiger partial charge in [0.15, 0.2) is 5.82 Å². The summed E-state index contributed by atoms with van der Waals surface area (Å²) in [6.45, 7) is 0. The van der Waals surface area contributed by atoms with Gasteiger partial charge in [0.05, 0.1) is 5.56 Å². The monoisotopic (exact) mass is 254 g/mol. The van der Waals surface area contributed by atoms with E-state index >= 15 is 0 Å². The predicted molar refractivity (Wildman–Crippen MR) is 68.1 cm³/mol. The maximum Gasteiger partial charge on any atom is 0.276 e. The van der Waals surface area contributed by atoms with Crippen LogP contribution in [0.1, 0.15) is 49.4 Å². The van der Waals surface area contributed by atoms with Crippen molar-refractivity contribution in [2.75, 3.05) is 0 Å². The van der Waals surface area contributed by atoms with E-state index in [2.05, 4.69) is 15.1 Å². The van der Waals surface area contributed by atoms with Crippen LogP contribution in [0.2, 0.25) is 0 Å². The van der Waals surface area contributed by atoms with Crippen LogP contribution in [-0.4, -0.2) is 15.1 Å². The van der Waals surface area contributed by atoms with Gasteiger partial charge < -0.3 is 4.52 Å². The fourth-order valence-electron chi connectivity index (χ4n) is 2.45. The van der Waals surface area contributed by atoms with Crippen molar-refractivity contribution in [1.29, 1.82) is 5.26 Å². The first-order chi connectivity index (χ1) is 9.36. The minimum Gasteiger partial charge on any atom is -0.332 e. The second-order valence-electron chi connectivity index (χ2n) is 4.84. The molecule has 2 heterocycles. The Morgan fingerprint density at radius 2 is 2.05 bits per heavy atom. The number of aromatic nitrogens is 3. The van der Waals surface area contributed by atoms with Crippen molar-refractivity contribution in [3.05, 3.63) is 29.7 Å². The zero-order valence-corrected chi connectivity index (χ0v) is 10.5. The fourth-order valence-corrected chi connectivity index (χ4v) is 2.45. The van der Waals surface area contributed by atoms with Crippen LogP contribution in [0.25, 0.3) is 11.6 Å². The third-order valence-electron chi connectivity index (χ3n) is 3.52. The van der Waals surface area contributed by atoms with E-state index in [9.17, 15) is 0 Å². The van der Waals surface area contributed by atoms with E-state index in [0.717, 1.165) is 18.7 Å². The molecule has 5 heteroatoms. The number of nitriles is 1. The number of rotatable bonds is 2. The Balaban J connectivity index is 1.81. The molecule has 2 aromatic rings. The van der Waals surface area contributed by atoms with Crippen LogP contribution in [0.3, 0.4) is 0 Å². The van der Waals surface area contributed by atoms with Crippen molar-refractivity contribution in [2.45, 2.75) is 38.0 Å². The van der Waals surface area contributed by atoms with Crippen LogP contribution in [0.5, 0.6) is 0 Å². The van der Waals surface area contributed by atoms with Crippen LogP contribution >= 0.6 is 0 Å². The van der Waals surface area contributed by atoms with Gasteiger partial charge in [-0.25, -0.2) is 4.98 Å². The molecule has 1 aliphatic rings. The quantitative estimate of drug-likeness (QED) is 0.823. The molecule has 0 aromatic carbocycles. The van der Waals surface area contributed by atoms with E-state index in [1.165, 1.54) is 25.5 Å². The summed E-state index contributed by atoms with van der Waals surface area (Å²) in [5, 5.41) is 12.8. The van der Waals surface area contributed by atoms with Crippen LogP contribution in [-0.2, 0) is 0 Å². The SMILES string of the molecule is N#Cc1ccc(-c2nc(C3CCCCC3)no2)nc1. The highest BCUT2D eigenvalue weighted by Crippen LogP contribution is 2.31. The molecule has 0 amide bonds. The van der Waals surface area contributed by atoms with Gasteiger partial charge in [0.1, 0.15) is 11.8 Å². The number of hydrogen-bond acceptors (Lipinski definition) is 5. The Bertz CT molecular complexity index is 591. The van der Waals surface area contributed by atoms with Gasteiger partial charge in [0.25, 0.3) is 5.89 Å². The molecule has 19 heavy (non-hydrogen) atoms. The molecule has 1 aliphatic carbocycles. The summed E-state index contributed by atoms with van der Waals surface area (Å²) in [5.74, 6) is 1.65. The van der Waals surface area contributed by atoms with Gasteiger partial charge in [-0.2, -0.15) is 10.2 Å². The van der Waals surface area contributed by atoms with E-state index in [1.807, 2.05) is 6.07 Å². The maximum absolute atomic E-state index is 8.73. The zero-order chi connectivity index (χ0) is 13.1. The second-order valence-corrected chi connectivity index (χ2v) is 4.84. The first-order valence-electron chi connectivity index (χ1n) is 6.57. The first-order valence-corrected chi connectivity index (χ1v) is 6.57. The minimum absolute atomic E-state index is 0.421. The topological polar surface area (TPSA) is 75.6 Å². The Hall–Kier alpha value is -2.22. The van der Waals surface area contributed by atoms with E-state index < -0.39 is 0 Å². The average molecular weight is 254 g/mol. The lowest BCUT2D eigenvalue weighted by atomic mass is 9.89. The molecule has 1 fully saturated rings. The van der Waals surface area contributed by atoms with Crippen molar-refractivity contribution in [1.82, 2.24) is 15.1 Å². The lowest BCUT2D eigenvalue weighted by Crippen LogP contribution is -2.06. The van der Waals surface area contributed by atoms with Crippen molar-refractivity contribution in [2.24, 2.45) is 0 Å². The van der Waals surface area contributed by atoms with Crippen LogP contribution < -0.4 is 0 Å². The molecule has 0 radical (unpaired) electrons. The molecular formula is C14H14N4O. The Morgan fingerprint density at radius 3 is 2.74 bits per heavy atom. The van der Waals surface area contributed by atoms with Crippen molar-refractivity contribution < 1.29 is 4.52 Å². The number of nitrogens with zero attached hydrogens (tertiary/aromatic N) is 4. The predicted octanol–water partition coefficient (Wildman–Crippen LogP) is 3.05. The zero-order valence-electron chi connectivity index (χ0n) is 10.5. The number of hydrogen-bond donors (Lipinski definition) is 0. The van der Waals surface area contributed by atoms with Crippen LogP contribution in [0.4, 0.5) is 0 Å². The van der Waals surface area contributed by atoms with Gasteiger partial charge in [0.2, 0.25) is 0 Å². The Labute approximate surface area is 111 Å². The second kappa shape index (κ2) is 5.19. The Kier molecular flexibility index (Phi) is 3.23. The van der Waals surface area contributed by atoms with E-state index in [4.69, 9.17) is 9.78 Å². The summed E-state index contributed by atoms with van der Waals surface area (Å²) in [6.07, 6.45) is 7.57. The van der Waals surface area contributed by atoms with E-state index in [-0.39, 0.29) is 0 Å². The standard InChI is InChI=1S/C14H14N4O/c15-8-10-6-7-12(16-9-10)14-17-13(18-19-14)11-4-2-1-3-5-11/h6-7,9,11H,1-5H2. The molecule has 0 aliphatic heterocycles. The molecule has 0 bridgehead atoms. The molecule has 0 spiro atoms. The number of pyridine rings is 1. The lowest BCUT2D eigenvalue weighted by molar-refractivity contribution is 0.385. The molecule has 0 N–H and O–H groups in total. The summed E-state index contributed by atoms with van der Waals surface area (Å²) in [5.41, 5.74) is 1.14. The summed E-state index contributed by atoms with van der Waals surface area (Å²) in [6, 6.07) is 5.47. The minimum atomic E-state index is 0.421. The molecule has 5 nitrogen and oxygen atoms in total. The third kappa shape index (κ3) is 2.48. The van der Waals surface area contributed by atoms with Crippen LogP contribution in [0.15, 0.2) is 22.9 Å². The summed E-state index contributed by atoms with van der Waals surface area (Å²) in [4.78, 5) is 8.60. The van der Waals surface area contributed by atoms with Gasteiger partial charge in [0, 0.05) is 12.1 Å². The lowest BCUT2D eigenvalue weighted by Gasteiger charge is -2.17. The summed E-state index contributed by atoms with van der Waals surface area (Å²) in [7, 11) is 0. The van der Waals surface area contributed by atoms with Crippen molar-refractivity contribution in [3.63, 3.8) is 0 Å². The molecule has 0 unspecified atom stereocenters. The summed E-state index contributed by atoms with van der Waals surface area (Å²) >= 11 is 0. The molecule has 96 valence electrons. The van der Waals surface area contributed by atoms with E-state index in [1.54, 1.807) is 12.1 Å². The van der Waals surface area contributed by atoms with Gasteiger partial charge in [-0.15, -0.1) is 0 Å². The van der Waals surface area contributed by atoms with Gasteiger partial charge in [-0.1, -0.05) is 24.4 Å². The third-order valence-corrected chi connectivity index (χ3v) is 3.52. The molecule has 0 atom stereocenters. The van der Waals surface area contributed by atoms with Crippen molar-refractivity contribution in [3.8, 4) is 17.7 Å².